The number of rotatable bonds is 5. The molecule has 0 aromatic heterocycles. The fraction of sp³-hybridized carbons (Fsp3) is 0.0189. The lowest BCUT2D eigenvalue weighted by molar-refractivity contribution is 0.724. The van der Waals surface area contributed by atoms with E-state index in [4.69, 9.17) is 0 Å². The number of para-hydroxylation sites is 1. The van der Waals surface area contributed by atoms with E-state index in [0.29, 0.717) is 0 Å². The third kappa shape index (κ3) is 4.95. The molecule has 9 aromatic rings. The normalized spacial score (nSPS) is 13.2. The van der Waals surface area contributed by atoms with Gasteiger partial charge < -0.3 is 4.90 Å². The van der Waals surface area contributed by atoms with E-state index in [0.717, 1.165) is 17.1 Å². The van der Waals surface area contributed by atoms with Crippen LogP contribution in [0.1, 0.15) is 22.3 Å². The standard InChI is InChI=1S/C53H35NS/c1-3-15-36(16-4-1)37-27-30-41(31-28-37)54(50-25-13-9-19-43(50)38-17-5-2-6-18-38)42-32-29-39-34-49-52(35-40(39)33-42)55-51-26-14-12-24-48(51)53(49)46-22-10-7-20-44(46)45-21-8-11-23-47(45)53/h1-35H. The third-order valence-corrected chi connectivity index (χ3v) is 12.6. The van der Waals surface area contributed by atoms with E-state index in [1.54, 1.807) is 0 Å². The van der Waals surface area contributed by atoms with Gasteiger partial charge in [-0.3, -0.25) is 0 Å². The van der Waals surface area contributed by atoms with Gasteiger partial charge in [-0.15, -0.1) is 0 Å². The number of fused-ring (bicyclic) bond motifs is 10. The molecule has 0 amide bonds. The van der Waals surface area contributed by atoms with E-state index in [1.807, 2.05) is 11.8 Å². The van der Waals surface area contributed by atoms with E-state index in [-0.39, 0.29) is 0 Å². The fourth-order valence-electron chi connectivity index (χ4n) is 9.12. The molecule has 0 saturated carbocycles. The summed E-state index contributed by atoms with van der Waals surface area (Å²) in [6.45, 7) is 0. The van der Waals surface area contributed by atoms with Crippen molar-refractivity contribution in [2.24, 2.45) is 0 Å². The average Bonchev–Trinajstić information content (AvgIpc) is 3.55. The van der Waals surface area contributed by atoms with Crippen LogP contribution in [0.5, 0.6) is 0 Å². The predicted octanol–water partition coefficient (Wildman–Crippen LogP) is 14.5. The van der Waals surface area contributed by atoms with Crippen LogP contribution in [0.3, 0.4) is 0 Å². The maximum Gasteiger partial charge on any atom is 0.0735 e. The van der Waals surface area contributed by atoms with Gasteiger partial charge in [0.1, 0.15) is 0 Å². The van der Waals surface area contributed by atoms with Gasteiger partial charge in [-0.1, -0.05) is 176 Å². The first-order valence-electron chi connectivity index (χ1n) is 18.9. The summed E-state index contributed by atoms with van der Waals surface area (Å²) < 4.78 is 0. The van der Waals surface area contributed by atoms with Crippen molar-refractivity contribution in [2.45, 2.75) is 15.2 Å². The van der Waals surface area contributed by atoms with Gasteiger partial charge in [0.25, 0.3) is 0 Å². The molecule has 1 aliphatic carbocycles. The zero-order valence-corrected chi connectivity index (χ0v) is 30.9. The van der Waals surface area contributed by atoms with Crippen LogP contribution < -0.4 is 4.90 Å². The molecule has 2 aliphatic rings. The molecule has 258 valence electrons. The number of benzene rings is 9. The van der Waals surface area contributed by atoms with Gasteiger partial charge in [0.2, 0.25) is 0 Å². The molecular weight excluding hydrogens is 683 g/mol. The molecule has 0 saturated heterocycles. The zero-order valence-electron chi connectivity index (χ0n) is 30.1. The molecule has 0 N–H and O–H groups in total. The lowest BCUT2D eigenvalue weighted by atomic mass is 9.67. The molecule has 1 aliphatic heterocycles. The van der Waals surface area contributed by atoms with Crippen molar-refractivity contribution >= 4 is 39.6 Å². The first kappa shape index (κ1) is 31.9. The Morgan fingerprint density at radius 2 is 0.873 bits per heavy atom. The summed E-state index contributed by atoms with van der Waals surface area (Å²) >= 11 is 1.90. The van der Waals surface area contributed by atoms with Crippen molar-refractivity contribution in [3.8, 4) is 33.4 Å². The fourth-order valence-corrected chi connectivity index (χ4v) is 10.3. The SMILES string of the molecule is c1ccc(-c2ccc(N(c3ccc4cc5c(cc4c3)Sc3ccccc3C53c4ccccc4-c4ccccc43)c3ccccc3-c3ccccc3)cc2)cc1. The van der Waals surface area contributed by atoms with E-state index in [2.05, 4.69) is 217 Å². The van der Waals surface area contributed by atoms with Crippen molar-refractivity contribution in [1.29, 1.82) is 0 Å². The van der Waals surface area contributed by atoms with E-state index >= 15 is 0 Å². The molecule has 0 bridgehead atoms. The summed E-state index contributed by atoms with van der Waals surface area (Å²) in [7, 11) is 0. The van der Waals surface area contributed by atoms with Crippen molar-refractivity contribution in [3.05, 3.63) is 235 Å². The van der Waals surface area contributed by atoms with Crippen LogP contribution in [0.15, 0.2) is 222 Å². The van der Waals surface area contributed by atoms with Crippen LogP contribution in [0.4, 0.5) is 17.1 Å². The minimum absolute atomic E-state index is 0.390. The molecular formula is C53H35NS. The highest BCUT2D eigenvalue weighted by Crippen LogP contribution is 2.62. The Hall–Kier alpha value is -6.61. The summed E-state index contributed by atoms with van der Waals surface area (Å²) in [6, 6.07) is 78.1. The van der Waals surface area contributed by atoms with Crippen molar-refractivity contribution in [3.63, 3.8) is 0 Å². The molecule has 0 unspecified atom stereocenters. The monoisotopic (exact) mass is 717 g/mol. The maximum atomic E-state index is 2.48. The van der Waals surface area contributed by atoms with Gasteiger partial charge in [-0.2, -0.15) is 0 Å². The van der Waals surface area contributed by atoms with E-state index in [1.165, 1.54) is 76.2 Å². The molecule has 0 fully saturated rings. The molecule has 2 heteroatoms. The second-order valence-corrected chi connectivity index (χ2v) is 15.5. The largest absolute Gasteiger partial charge is 0.310 e. The van der Waals surface area contributed by atoms with Crippen molar-refractivity contribution in [1.82, 2.24) is 0 Å². The van der Waals surface area contributed by atoms with E-state index < -0.39 is 5.41 Å². The average molecular weight is 718 g/mol. The third-order valence-electron chi connectivity index (χ3n) is 11.5. The van der Waals surface area contributed by atoms with Gasteiger partial charge in [0, 0.05) is 26.7 Å². The zero-order chi connectivity index (χ0) is 36.3. The molecule has 1 nitrogen and oxygen atoms in total. The Labute approximate surface area is 326 Å². The van der Waals surface area contributed by atoms with Crippen LogP contribution in [-0.4, -0.2) is 0 Å². The van der Waals surface area contributed by atoms with E-state index in [9.17, 15) is 0 Å². The predicted molar refractivity (Wildman–Crippen MR) is 231 cm³/mol. The Morgan fingerprint density at radius 1 is 0.327 bits per heavy atom. The Morgan fingerprint density at radius 3 is 1.58 bits per heavy atom. The van der Waals surface area contributed by atoms with Crippen LogP contribution in [0.2, 0.25) is 0 Å². The molecule has 9 aromatic carbocycles. The number of anilines is 3. The minimum Gasteiger partial charge on any atom is -0.310 e. The van der Waals surface area contributed by atoms with Gasteiger partial charge in [0.15, 0.2) is 0 Å². The van der Waals surface area contributed by atoms with Crippen LogP contribution in [-0.2, 0) is 5.41 Å². The summed E-state index contributed by atoms with van der Waals surface area (Å²) in [5, 5.41) is 2.46. The summed E-state index contributed by atoms with van der Waals surface area (Å²) in [5.41, 5.74) is 15.9. The van der Waals surface area contributed by atoms with Gasteiger partial charge in [-0.25, -0.2) is 0 Å². The Balaban J connectivity index is 1.12. The minimum atomic E-state index is -0.390. The number of hydrogen-bond acceptors (Lipinski definition) is 2. The highest BCUT2D eigenvalue weighted by atomic mass is 32.2. The molecule has 0 radical (unpaired) electrons. The lowest BCUT2D eigenvalue weighted by Gasteiger charge is -2.40. The highest BCUT2D eigenvalue weighted by Gasteiger charge is 2.50. The summed E-state index contributed by atoms with van der Waals surface area (Å²) in [5.74, 6) is 0. The quantitative estimate of drug-likeness (QED) is 0.174. The Bertz CT molecular complexity index is 2850. The van der Waals surface area contributed by atoms with Crippen LogP contribution >= 0.6 is 11.8 Å². The van der Waals surface area contributed by atoms with Gasteiger partial charge >= 0.3 is 0 Å². The lowest BCUT2D eigenvalue weighted by Crippen LogP contribution is -2.31. The van der Waals surface area contributed by atoms with Crippen LogP contribution in [0, 0.1) is 0 Å². The Kier molecular flexibility index (Phi) is 7.40. The summed E-state index contributed by atoms with van der Waals surface area (Å²) in [4.78, 5) is 5.04. The second-order valence-electron chi connectivity index (χ2n) is 14.5. The maximum absolute atomic E-state index is 2.48. The highest BCUT2D eigenvalue weighted by molar-refractivity contribution is 7.99. The van der Waals surface area contributed by atoms with Crippen molar-refractivity contribution in [2.75, 3.05) is 4.90 Å². The van der Waals surface area contributed by atoms with Crippen molar-refractivity contribution < 1.29 is 0 Å². The smallest absolute Gasteiger partial charge is 0.0735 e. The first-order chi connectivity index (χ1) is 27.3. The van der Waals surface area contributed by atoms with Gasteiger partial charge in [0.05, 0.1) is 11.1 Å². The second kappa shape index (κ2) is 12.8. The molecule has 11 rings (SSSR count). The van der Waals surface area contributed by atoms with Crippen LogP contribution in [0.25, 0.3) is 44.2 Å². The first-order valence-corrected chi connectivity index (χ1v) is 19.7. The molecule has 0 atom stereocenters. The summed E-state index contributed by atoms with van der Waals surface area (Å²) in [6.07, 6.45) is 0. The molecule has 1 heterocycles. The van der Waals surface area contributed by atoms with Gasteiger partial charge in [-0.05, 0) is 109 Å². The number of nitrogens with zero attached hydrogens (tertiary/aromatic N) is 1. The number of hydrogen-bond donors (Lipinski definition) is 0. The molecule has 55 heavy (non-hydrogen) atoms. The molecule has 1 spiro atoms. The topological polar surface area (TPSA) is 3.24 Å².